The van der Waals surface area contributed by atoms with E-state index in [1.54, 1.807) is 6.07 Å². The predicted octanol–water partition coefficient (Wildman–Crippen LogP) is 2.78. The molecule has 2 N–H and O–H groups in total. The van der Waals surface area contributed by atoms with Crippen molar-refractivity contribution in [3.05, 3.63) is 29.6 Å². The third-order valence-electron chi connectivity index (χ3n) is 4.16. The smallest absolute Gasteiger partial charge is 0.123 e. The molecule has 1 fully saturated rings. The molecule has 118 valence electrons. The van der Waals surface area contributed by atoms with Crippen LogP contribution in [0, 0.1) is 17.7 Å². The third-order valence-corrected chi connectivity index (χ3v) is 4.16. The van der Waals surface area contributed by atoms with Crippen molar-refractivity contribution in [2.24, 2.45) is 11.8 Å². The van der Waals surface area contributed by atoms with Crippen molar-refractivity contribution in [1.29, 1.82) is 0 Å². The van der Waals surface area contributed by atoms with Crippen molar-refractivity contribution in [1.82, 2.24) is 5.32 Å². The molecule has 0 amide bonds. The van der Waals surface area contributed by atoms with E-state index in [0.29, 0.717) is 18.4 Å². The van der Waals surface area contributed by atoms with Crippen LogP contribution in [0.1, 0.15) is 32.8 Å². The largest absolute Gasteiger partial charge is 0.393 e. The quantitative estimate of drug-likeness (QED) is 0.847. The Kier molecular flexibility index (Phi) is 5.59. The summed E-state index contributed by atoms with van der Waals surface area (Å²) in [5.41, 5.74) is 2.10. The van der Waals surface area contributed by atoms with Crippen molar-refractivity contribution in [2.75, 3.05) is 24.5 Å². The highest BCUT2D eigenvalue weighted by atomic mass is 19.1. The van der Waals surface area contributed by atoms with Gasteiger partial charge in [-0.1, -0.05) is 13.8 Å². The Labute approximate surface area is 127 Å². The molecule has 1 aromatic rings. The molecule has 1 heterocycles. The normalized spacial score (nSPS) is 20.3. The van der Waals surface area contributed by atoms with Gasteiger partial charge in [0.15, 0.2) is 0 Å². The van der Waals surface area contributed by atoms with Crippen LogP contribution < -0.4 is 10.2 Å². The molecule has 2 rings (SSSR count). The Morgan fingerprint density at radius 3 is 2.76 bits per heavy atom. The van der Waals surface area contributed by atoms with E-state index >= 15 is 0 Å². The highest BCUT2D eigenvalue weighted by Gasteiger charge is 2.27. The summed E-state index contributed by atoms with van der Waals surface area (Å²) < 4.78 is 13.5. The first-order chi connectivity index (χ1) is 9.97. The van der Waals surface area contributed by atoms with Gasteiger partial charge in [0.25, 0.3) is 0 Å². The second-order valence-electron chi connectivity index (χ2n) is 6.53. The molecule has 21 heavy (non-hydrogen) atoms. The summed E-state index contributed by atoms with van der Waals surface area (Å²) in [6, 6.07) is 5.02. The Morgan fingerprint density at radius 2 is 2.14 bits per heavy atom. The minimum atomic E-state index is -0.280. The summed E-state index contributed by atoms with van der Waals surface area (Å²) in [5.74, 6) is 0.700. The van der Waals surface area contributed by atoms with Crippen molar-refractivity contribution >= 4 is 5.69 Å². The van der Waals surface area contributed by atoms with Gasteiger partial charge in [-0.05, 0) is 49.6 Å². The minimum Gasteiger partial charge on any atom is -0.393 e. The van der Waals surface area contributed by atoms with E-state index in [9.17, 15) is 9.50 Å². The maximum atomic E-state index is 13.5. The molecule has 0 aliphatic carbocycles. The van der Waals surface area contributed by atoms with E-state index in [-0.39, 0.29) is 11.9 Å². The molecule has 0 bridgehead atoms. The summed E-state index contributed by atoms with van der Waals surface area (Å²) in [4.78, 5) is 2.27. The van der Waals surface area contributed by atoms with Crippen molar-refractivity contribution in [3.8, 4) is 0 Å². The van der Waals surface area contributed by atoms with Crippen LogP contribution in [0.25, 0.3) is 0 Å². The molecule has 4 heteroatoms. The van der Waals surface area contributed by atoms with Gasteiger partial charge in [-0.2, -0.15) is 0 Å². The molecular weight excluding hydrogens is 267 g/mol. The van der Waals surface area contributed by atoms with E-state index in [2.05, 4.69) is 24.1 Å². The van der Waals surface area contributed by atoms with Gasteiger partial charge in [0, 0.05) is 31.2 Å². The average Bonchev–Trinajstić information content (AvgIpc) is 2.88. The lowest BCUT2D eigenvalue weighted by Gasteiger charge is -2.23. The molecule has 0 saturated carbocycles. The van der Waals surface area contributed by atoms with E-state index in [1.807, 2.05) is 13.0 Å². The van der Waals surface area contributed by atoms with Gasteiger partial charge in [-0.3, -0.25) is 0 Å². The lowest BCUT2D eigenvalue weighted by molar-refractivity contribution is 0.136. The highest BCUT2D eigenvalue weighted by Crippen LogP contribution is 2.29. The van der Waals surface area contributed by atoms with Crippen LogP contribution in [0.3, 0.4) is 0 Å². The van der Waals surface area contributed by atoms with Crippen LogP contribution in [0.15, 0.2) is 18.2 Å². The van der Waals surface area contributed by atoms with Crippen LogP contribution in [-0.2, 0) is 6.54 Å². The van der Waals surface area contributed by atoms with Gasteiger partial charge >= 0.3 is 0 Å². The van der Waals surface area contributed by atoms with Crippen molar-refractivity contribution in [3.63, 3.8) is 0 Å². The zero-order chi connectivity index (χ0) is 15.4. The Balaban J connectivity index is 2.08. The van der Waals surface area contributed by atoms with Crippen LogP contribution >= 0.6 is 0 Å². The summed E-state index contributed by atoms with van der Waals surface area (Å²) in [6.07, 6.45) is 0.714. The third kappa shape index (κ3) is 4.42. The zero-order valence-corrected chi connectivity index (χ0v) is 13.3. The molecular formula is C17H27FN2O. The van der Waals surface area contributed by atoms with E-state index in [1.165, 1.54) is 6.07 Å². The first-order valence-corrected chi connectivity index (χ1v) is 7.89. The fourth-order valence-electron chi connectivity index (χ4n) is 2.90. The molecule has 1 aliphatic rings. The molecule has 1 saturated heterocycles. The van der Waals surface area contributed by atoms with Gasteiger partial charge in [0.05, 0.1) is 6.10 Å². The van der Waals surface area contributed by atoms with Crippen LogP contribution in [-0.4, -0.2) is 30.8 Å². The second kappa shape index (κ2) is 7.23. The summed E-state index contributed by atoms with van der Waals surface area (Å²) in [7, 11) is 0. The van der Waals surface area contributed by atoms with Crippen molar-refractivity contribution < 1.29 is 9.50 Å². The summed E-state index contributed by atoms with van der Waals surface area (Å²) in [6.45, 7) is 9.55. The highest BCUT2D eigenvalue weighted by molar-refractivity contribution is 5.54. The minimum absolute atomic E-state index is 0.189. The molecule has 0 aromatic heterocycles. The topological polar surface area (TPSA) is 35.5 Å². The number of hydrogen-bond donors (Lipinski definition) is 2. The van der Waals surface area contributed by atoms with Gasteiger partial charge in [-0.15, -0.1) is 0 Å². The lowest BCUT2D eigenvalue weighted by atomic mass is 10.0. The summed E-state index contributed by atoms with van der Waals surface area (Å²) >= 11 is 0. The Hall–Kier alpha value is -1.13. The fraction of sp³-hybridized carbons (Fsp3) is 0.647. The van der Waals surface area contributed by atoms with E-state index < -0.39 is 0 Å². The van der Waals surface area contributed by atoms with Crippen molar-refractivity contribution in [2.45, 2.75) is 39.8 Å². The standard InChI is InChI=1S/C17H27FN2O/c1-12(2)9-19-10-15-8-16(18)4-5-17(15)20-7-6-14(11-20)13(3)21/h4-5,8,12-14,19,21H,6-7,9-11H2,1-3H3. The van der Waals surface area contributed by atoms with Gasteiger partial charge < -0.3 is 15.3 Å². The van der Waals surface area contributed by atoms with E-state index in [0.717, 1.165) is 37.3 Å². The monoisotopic (exact) mass is 294 g/mol. The zero-order valence-electron chi connectivity index (χ0n) is 13.3. The van der Waals surface area contributed by atoms with Gasteiger partial charge in [0.2, 0.25) is 0 Å². The molecule has 2 atom stereocenters. The van der Waals surface area contributed by atoms with Crippen LogP contribution in [0.5, 0.6) is 0 Å². The van der Waals surface area contributed by atoms with E-state index in [4.69, 9.17) is 0 Å². The predicted molar refractivity (Wildman–Crippen MR) is 84.9 cm³/mol. The lowest BCUT2D eigenvalue weighted by Crippen LogP contribution is -2.26. The van der Waals surface area contributed by atoms with Crippen LogP contribution in [0.2, 0.25) is 0 Å². The number of benzene rings is 1. The number of halogens is 1. The number of anilines is 1. The molecule has 0 spiro atoms. The molecule has 3 nitrogen and oxygen atoms in total. The molecule has 1 aliphatic heterocycles. The molecule has 2 unspecified atom stereocenters. The van der Waals surface area contributed by atoms with Gasteiger partial charge in [0.1, 0.15) is 5.82 Å². The number of aliphatic hydroxyl groups excluding tert-OH is 1. The van der Waals surface area contributed by atoms with Crippen LogP contribution in [0.4, 0.5) is 10.1 Å². The SMILES string of the molecule is CC(C)CNCc1cc(F)ccc1N1CCC(C(C)O)C1. The number of hydrogen-bond acceptors (Lipinski definition) is 3. The van der Waals surface area contributed by atoms with Gasteiger partial charge in [-0.25, -0.2) is 4.39 Å². The molecule has 1 aromatic carbocycles. The maximum absolute atomic E-state index is 13.5. The average molecular weight is 294 g/mol. The first-order valence-electron chi connectivity index (χ1n) is 7.89. The Morgan fingerprint density at radius 1 is 1.38 bits per heavy atom. The Bertz CT molecular complexity index is 462. The fourth-order valence-corrected chi connectivity index (χ4v) is 2.90. The number of rotatable bonds is 6. The summed E-state index contributed by atoms with van der Waals surface area (Å²) in [5, 5.41) is 13.1. The second-order valence-corrected chi connectivity index (χ2v) is 6.53. The number of aliphatic hydroxyl groups is 1. The first kappa shape index (κ1) is 16.2. The molecule has 0 radical (unpaired) electrons. The number of nitrogens with zero attached hydrogens (tertiary/aromatic N) is 1. The number of nitrogens with one attached hydrogen (secondary N) is 1. The maximum Gasteiger partial charge on any atom is 0.123 e.